The fraction of sp³-hybridized carbons (Fsp3) is 0.500. The third-order valence-electron chi connectivity index (χ3n) is 3.28. The molecule has 0 spiro atoms. The lowest BCUT2D eigenvalue weighted by Gasteiger charge is -2.36. The molecule has 0 atom stereocenters. The second-order valence-corrected chi connectivity index (χ2v) is 4.47. The standard InChI is InChI=1S/C14H21N3.ClH/c1-2-3-4-9-16-10-12-17(13-11-16)14-5-7-15-8-6-14;/h2,5-8H,1,3-4,9-13H2;1H. The molecule has 0 aliphatic carbocycles. The lowest BCUT2D eigenvalue weighted by molar-refractivity contribution is 0.255. The molecule has 0 N–H and O–H groups in total. The number of nitrogens with zero attached hydrogens (tertiary/aromatic N) is 3. The first-order valence-corrected chi connectivity index (χ1v) is 6.38. The Morgan fingerprint density at radius 2 is 1.83 bits per heavy atom. The Bertz CT molecular complexity index is 334. The van der Waals surface area contributed by atoms with E-state index < -0.39 is 0 Å². The summed E-state index contributed by atoms with van der Waals surface area (Å²) in [6.07, 6.45) is 8.11. The number of allylic oxidation sites excluding steroid dienone is 1. The van der Waals surface area contributed by atoms with Crippen molar-refractivity contribution < 1.29 is 0 Å². The molecule has 0 unspecified atom stereocenters. The highest BCUT2D eigenvalue weighted by Crippen LogP contribution is 2.14. The number of rotatable bonds is 5. The topological polar surface area (TPSA) is 19.4 Å². The van der Waals surface area contributed by atoms with Crippen LogP contribution in [0, 0.1) is 0 Å². The van der Waals surface area contributed by atoms with Crippen molar-refractivity contribution in [2.45, 2.75) is 12.8 Å². The van der Waals surface area contributed by atoms with Crippen LogP contribution in [0.1, 0.15) is 12.8 Å². The number of aromatic nitrogens is 1. The Labute approximate surface area is 116 Å². The molecule has 1 aliphatic rings. The van der Waals surface area contributed by atoms with Gasteiger partial charge >= 0.3 is 0 Å². The Hall–Kier alpha value is -1.06. The molecule has 0 radical (unpaired) electrons. The van der Waals surface area contributed by atoms with Crippen molar-refractivity contribution in [1.82, 2.24) is 9.88 Å². The van der Waals surface area contributed by atoms with Crippen LogP contribution in [0.3, 0.4) is 0 Å². The molecule has 3 nitrogen and oxygen atoms in total. The van der Waals surface area contributed by atoms with Gasteiger partial charge in [-0.1, -0.05) is 6.08 Å². The van der Waals surface area contributed by atoms with Gasteiger partial charge in [0.2, 0.25) is 0 Å². The van der Waals surface area contributed by atoms with Gasteiger partial charge in [-0.25, -0.2) is 0 Å². The Morgan fingerprint density at radius 1 is 1.17 bits per heavy atom. The van der Waals surface area contributed by atoms with Crippen LogP contribution in [-0.2, 0) is 0 Å². The summed E-state index contributed by atoms with van der Waals surface area (Å²) in [6, 6.07) is 4.18. The van der Waals surface area contributed by atoms with Crippen molar-refractivity contribution in [3.8, 4) is 0 Å². The third kappa shape index (κ3) is 4.31. The van der Waals surface area contributed by atoms with Crippen LogP contribution in [0.25, 0.3) is 0 Å². The number of piperazine rings is 1. The molecule has 4 heteroatoms. The van der Waals surface area contributed by atoms with Gasteiger partial charge in [0.25, 0.3) is 0 Å². The van der Waals surface area contributed by atoms with Gasteiger partial charge in [0.15, 0.2) is 0 Å². The van der Waals surface area contributed by atoms with Gasteiger partial charge in [0, 0.05) is 44.3 Å². The van der Waals surface area contributed by atoms with Gasteiger partial charge in [-0.05, 0) is 31.5 Å². The van der Waals surface area contributed by atoms with Gasteiger partial charge in [-0.3, -0.25) is 9.88 Å². The van der Waals surface area contributed by atoms with Crippen LogP contribution in [0.2, 0.25) is 0 Å². The van der Waals surface area contributed by atoms with Gasteiger partial charge in [-0.2, -0.15) is 0 Å². The minimum absolute atomic E-state index is 0. The van der Waals surface area contributed by atoms with E-state index in [2.05, 4.69) is 33.5 Å². The molecule has 2 heterocycles. The molecule has 1 saturated heterocycles. The van der Waals surface area contributed by atoms with E-state index in [0.717, 1.165) is 19.5 Å². The predicted octanol–water partition coefficient (Wildman–Crippen LogP) is 2.59. The first-order valence-electron chi connectivity index (χ1n) is 6.38. The molecule has 18 heavy (non-hydrogen) atoms. The normalized spacial score (nSPS) is 16.1. The van der Waals surface area contributed by atoms with Crippen molar-refractivity contribution in [3.63, 3.8) is 0 Å². The number of unbranched alkanes of at least 4 members (excludes halogenated alkanes) is 1. The fourth-order valence-corrected chi connectivity index (χ4v) is 2.24. The number of halogens is 1. The summed E-state index contributed by atoms with van der Waals surface area (Å²) in [5.41, 5.74) is 1.30. The molecule has 1 aliphatic heterocycles. The molecular weight excluding hydrogens is 246 g/mol. The highest BCUT2D eigenvalue weighted by molar-refractivity contribution is 5.85. The van der Waals surface area contributed by atoms with E-state index in [9.17, 15) is 0 Å². The summed E-state index contributed by atoms with van der Waals surface area (Å²) in [5, 5.41) is 0. The highest BCUT2D eigenvalue weighted by atomic mass is 35.5. The van der Waals surface area contributed by atoms with Crippen LogP contribution in [0.5, 0.6) is 0 Å². The third-order valence-corrected chi connectivity index (χ3v) is 3.28. The fourth-order valence-electron chi connectivity index (χ4n) is 2.24. The smallest absolute Gasteiger partial charge is 0.0397 e. The second kappa shape index (κ2) is 8.11. The van der Waals surface area contributed by atoms with Crippen molar-refractivity contribution in [2.75, 3.05) is 37.6 Å². The zero-order valence-corrected chi connectivity index (χ0v) is 11.6. The number of anilines is 1. The van der Waals surface area contributed by atoms with Gasteiger partial charge in [0.1, 0.15) is 0 Å². The molecule has 0 amide bonds. The predicted molar refractivity (Wildman–Crippen MR) is 79.6 cm³/mol. The van der Waals surface area contributed by atoms with E-state index in [1.165, 1.54) is 31.7 Å². The lowest BCUT2D eigenvalue weighted by Crippen LogP contribution is -2.46. The highest BCUT2D eigenvalue weighted by Gasteiger charge is 2.16. The molecule has 2 rings (SSSR count). The molecule has 1 aromatic rings. The summed E-state index contributed by atoms with van der Waals surface area (Å²) >= 11 is 0. The summed E-state index contributed by atoms with van der Waals surface area (Å²) in [6.45, 7) is 9.55. The van der Waals surface area contributed by atoms with Crippen LogP contribution in [-0.4, -0.2) is 42.6 Å². The Morgan fingerprint density at radius 3 is 2.44 bits per heavy atom. The van der Waals surface area contributed by atoms with Crippen LogP contribution >= 0.6 is 12.4 Å². The molecule has 0 bridgehead atoms. The van der Waals surface area contributed by atoms with Crippen LogP contribution in [0.4, 0.5) is 5.69 Å². The van der Waals surface area contributed by atoms with Crippen LogP contribution < -0.4 is 4.90 Å². The van der Waals surface area contributed by atoms with Crippen LogP contribution in [0.15, 0.2) is 37.2 Å². The lowest BCUT2D eigenvalue weighted by atomic mass is 10.2. The maximum Gasteiger partial charge on any atom is 0.0397 e. The molecule has 100 valence electrons. The number of hydrogen-bond acceptors (Lipinski definition) is 3. The van der Waals surface area contributed by atoms with E-state index >= 15 is 0 Å². The largest absolute Gasteiger partial charge is 0.369 e. The first-order chi connectivity index (χ1) is 8.40. The van der Waals surface area contributed by atoms with Gasteiger partial charge in [0.05, 0.1) is 0 Å². The minimum atomic E-state index is 0. The second-order valence-electron chi connectivity index (χ2n) is 4.47. The zero-order chi connectivity index (χ0) is 11.9. The average molecular weight is 268 g/mol. The summed E-state index contributed by atoms with van der Waals surface area (Å²) in [5.74, 6) is 0. The minimum Gasteiger partial charge on any atom is -0.369 e. The number of hydrogen-bond donors (Lipinski definition) is 0. The molecule has 1 aromatic heterocycles. The van der Waals surface area contributed by atoms with Gasteiger partial charge in [-0.15, -0.1) is 19.0 Å². The zero-order valence-electron chi connectivity index (χ0n) is 10.8. The molecular formula is C14H22ClN3. The molecule has 1 fully saturated rings. The van der Waals surface area contributed by atoms with E-state index in [1.54, 1.807) is 0 Å². The van der Waals surface area contributed by atoms with Gasteiger partial charge < -0.3 is 4.90 Å². The molecule has 0 saturated carbocycles. The summed E-state index contributed by atoms with van der Waals surface area (Å²) in [4.78, 5) is 9.04. The first kappa shape index (κ1) is 15.0. The SMILES string of the molecule is C=CCCCN1CCN(c2ccncc2)CC1.Cl. The Kier molecular flexibility index (Phi) is 6.76. The number of pyridine rings is 1. The average Bonchev–Trinajstić information content (AvgIpc) is 2.41. The summed E-state index contributed by atoms with van der Waals surface area (Å²) in [7, 11) is 0. The van der Waals surface area contributed by atoms with Crippen molar-refractivity contribution >= 4 is 18.1 Å². The van der Waals surface area contributed by atoms with Crippen molar-refractivity contribution in [2.24, 2.45) is 0 Å². The molecule has 0 aromatic carbocycles. The van der Waals surface area contributed by atoms with Crippen molar-refractivity contribution in [1.29, 1.82) is 0 Å². The van der Waals surface area contributed by atoms with Crippen molar-refractivity contribution in [3.05, 3.63) is 37.2 Å². The quantitative estimate of drug-likeness (QED) is 0.604. The monoisotopic (exact) mass is 267 g/mol. The van der Waals surface area contributed by atoms with E-state index in [0.29, 0.717) is 0 Å². The van der Waals surface area contributed by atoms with E-state index in [4.69, 9.17) is 0 Å². The van der Waals surface area contributed by atoms with E-state index in [-0.39, 0.29) is 12.4 Å². The van der Waals surface area contributed by atoms with E-state index in [1.807, 2.05) is 18.5 Å². The maximum absolute atomic E-state index is 4.06. The summed E-state index contributed by atoms with van der Waals surface area (Å²) < 4.78 is 0. The maximum atomic E-state index is 4.06. The Balaban J connectivity index is 0.00000162.